The van der Waals surface area contributed by atoms with E-state index in [1.165, 1.54) is 16.8 Å². The molecule has 2 heteroatoms. The highest BCUT2D eigenvalue weighted by atomic mass is 15.2. The smallest absolute Gasteiger partial charge is 0.234 e. The molecule has 3 heterocycles. The molecule has 0 bridgehead atoms. The molecule has 0 saturated heterocycles. The summed E-state index contributed by atoms with van der Waals surface area (Å²) in [5.74, 6) is 0. The van der Waals surface area contributed by atoms with Crippen LogP contribution in [0.2, 0.25) is 0 Å². The maximum absolute atomic E-state index is 8.58. The number of nitrogens with zero attached hydrogens (tertiary/aromatic N) is 1. The minimum Gasteiger partial charge on any atom is -0.293 e. The van der Waals surface area contributed by atoms with E-state index in [1.54, 1.807) is 0 Å². The van der Waals surface area contributed by atoms with Gasteiger partial charge in [-0.05, 0) is 38.8 Å². The molecule has 104 valence electrons. The molecule has 2 aliphatic heterocycles. The standard InChI is InChI=1S/C18H23N2/c1-6-9-13-12(3)14-10-8-11-15-16(19)18(5,20(14)15)17(13,4)7-2/h6,8-11,19H,7H2,1-5H3/q+1. The Labute approximate surface area is 121 Å². The molecule has 20 heavy (non-hydrogen) atoms. The molecule has 2 atom stereocenters. The molecule has 0 spiro atoms. The third-order valence-corrected chi connectivity index (χ3v) is 5.68. The fourth-order valence-corrected chi connectivity index (χ4v) is 4.13. The Bertz CT molecular complexity index is 681. The van der Waals surface area contributed by atoms with Crippen LogP contribution in [0.3, 0.4) is 0 Å². The van der Waals surface area contributed by atoms with Crippen LogP contribution in [-0.2, 0) is 5.54 Å². The fourth-order valence-electron chi connectivity index (χ4n) is 4.13. The minimum absolute atomic E-state index is 0.0211. The van der Waals surface area contributed by atoms with E-state index in [2.05, 4.69) is 69.5 Å². The lowest BCUT2D eigenvalue weighted by atomic mass is 9.56. The van der Waals surface area contributed by atoms with Gasteiger partial charge in [0.2, 0.25) is 16.9 Å². The van der Waals surface area contributed by atoms with Crippen molar-refractivity contribution < 1.29 is 4.57 Å². The van der Waals surface area contributed by atoms with Gasteiger partial charge in [0, 0.05) is 24.6 Å². The summed E-state index contributed by atoms with van der Waals surface area (Å²) in [6.45, 7) is 11.1. The summed E-state index contributed by atoms with van der Waals surface area (Å²) in [4.78, 5) is 0. The lowest BCUT2D eigenvalue weighted by molar-refractivity contribution is -0.783. The van der Waals surface area contributed by atoms with Crippen LogP contribution in [-0.4, -0.2) is 5.71 Å². The third kappa shape index (κ3) is 1.16. The van der Waals surface area contributed by atoms with Gasteiger partial charge in [0.25, 0.3) is 0 Å². The first kappa shape index (κ1) is 13.3. The van der Waals surface area contributed by atoms with Crippen molar-refractivity contribution in [3.8, 4) is 0 Å². The van der Waals surface area contributed by atoms with Crippen LogP contribution in [0, 0.1) is 10.8 Å². The first-order valence-corrected chi connectivity index (χ1v) is 7.42. The molecule has 2 nitrogen and oxygen atoms in total. The normalized spacial score (nSPS) is 31.6. The number of nitrogens with one attached hydrogen (secondary N) is 1. The molecule has 0 aromatic carbocycles. The lowest BCUT2D eigenvalue weighted by Gasteiger charge is -2.51. The minimum atomic E-state index is -0.220. The summed E-state index contributed by atoms with van der Waals surface area (Å²) in [5, 5.41) is 8.58. The van der Waals surface area contributed by atoms with E-state index < -0.39 is 0 Å². The van der Waals surface area contributed by atoms with Crippen molar-refractivity contribution in [1.82, 2.24) is 0 Å². The van der Waals surface area contributed by atoms with Gasteiger partial charge in [-0.1, -0.05) is 19.1 Å². The monoisotopic (exact) mass is 267 g/mol. The molecule has 1 aromatic heterocycles. The molecule has 0 fully saturated rings. The Hall–Kier alpha value is -1.70. The van der Waals surface area contributed by atoms with Crippen molar-refractivity contribution in [2.75, 3.05) is 0 Å². The van der Waals surface area contributed by atoms with Crippen LogP contribution in [0.15, 0.2) is 35.9 Å². The highest BCUT2D eigenvalue weighted by molar-refractivity contribution is 6.05. The molecule has 0 saturated carbocycles. The number of rotatable bonds is 2. The van der Waals surface area contributed by atoms with Gasteiger partial charge in [-0.25, -0.2) is 0 Å². The fraction of sp³-hybridized carbons (Fsp3) is 0.444. The Balaban J connectivity index is 2.43. The van der Waals surface area contributed by atoms with E-state index in [9.17, 15) is 0 Å². The number of hydrogen-bond acceptors (Lipinski definition) is 1. The summed E-state index contributed by atoms with van der Waals surface area (Å²) in [7, 11) is 0. The van der Waals surface area contributed by atoms with Gasteiger partial charge < -0.3 is 0 Å². The highest BCUT2D eigenvalue weighted by Crippen LogP contribution is 2.53. The summed E-state index contributed by atoms with van der Waals surface area (Å²) in [6.07, 6.45) is 5.40. The molecule has 2 aliphatic rings. The second-order valence-corrected chi connectivity index (χ2v) is 6.30. The predicted molar refractivity (Wildman–Crippen MR) is 82.9 cm³/mol. The van der Waals surface area contributed by atoms with Crippen LogP contribution in [0.4, 0.5) is 0 Å². The zero-order chi connectivity index (χ0) is 14.7. The first-order chi connectivity index (χ1) is 9.43. The van der Waals surface area contributed by atoms with Crippen molar-refractivity contribution >= 4 is 11.3 Å². The van der Waals surface area contributed by atoms with Crippen molar-refractivity contribution in [2.45, 2.75) is 46.6 Å². The Morgan fingerprint density at radius 3 is 2.50 bits per heavy atom. The predicted octanol–water partition coefficient (Wildman–Crippen LogP) is 3.85. The molecule has 1 N–H and O–H groups in total. The van der Waals surface area contributed by atoms with Gasteiger partial charge in [-0.3, -0.25) is 5.41 Å². The summed E-state index contributed by atoms with van der Waals surface area (Å²) < 4.78 is 2.38. The van der Waals surface area contributed by atoms with Crippen LogP contribution in [0.1, 0.15) is 52.4 Å². The van der Waals surface area contributed by atoms with Crippen LogP contribution in [0.25, 0.3) is 5.57 Å². The van der Waals surface area contributed by atoms with E-state index in [0.29, 0.717) is 0 Å². The van der Waals surface area contributed by atoms with Gasteiger partial charge in [0.1, 0.15) is 0 Å². The Morgan fingerprint density at radius 2 is 1.90 bits per heavy atom. The van der Waals surface area contributed by atoms with E-state index in [-0.39, 0.29) is 11.0 Å². The summed E-state index contributed by atoms with van der Waals surface area (Å²) >= 11 is 0. The number of pyridine rings is 1. The zero-order valence-electron chi connectivity index (χ0n) is 13.0. The molecule has 0 aliphatic carbocycles. The van der Waals surface area contributed by atoms with Crippen molar-refractivity contribution in [3.05, 3.63) is 47.3 Å². The average Bonchev–Trinajstić information content (AvgIpc) is 2.48. The molecule has 2 unspecified atom stereocenters. The average molecular weight is 267 g/mol. The van der Waals surface area contributed by atoms with E-state index in [4.69, 9.17) is 5.41 Å². The van der Waals surface area contributed by atoms with Crippen LogP contribution < -0.4 is 4.57 Å². The van der Waals surface area contributed by atoms with E-state index in [1.807, 2.05) is 0 Å². The van der Waals surface area contributed by atoms with E-state index >= 15 is 0 Å². The Kier molecular flexibility index (Phi) is 2.60. The largest absolute Gasteiger partial charge is 0.293 e. The number of hydrogen-bond donors (Lipinski definition) is 1. The van der Waals surface area contributed by atoms with Gasteiger partial charge in [-0.15, -0.1) is 0 Å². The molecular weight excluding hydrogens is 244 g/mol. The third-order valence-electron chi connectivity index (χ3n) is 5.68. The maximum atomic E-state index is 8.58. The van der Waals surface area contributed by atoms with Gasteiger partial charge in [0.15, 0.2) is 5.71 Å². The van der Waals surface area contributed by atoms with Gasteiger partial charge in [0.05, 0.1) is 5.41 Å². The molecule has 1 aromatic rings. The zero-order valence-corrected chi connectivity index (χ0v) is 13.0. The molecule has 3 rings (SSSR count). The van der Waals surface area contributed by atoms with E-state index in [0.717, 1.165) is 17.8 Å². The first-order valence-electron chi connectivity index (χ1n) is 7.42. The highest BCUT2D eigenvalue weighted by Gasteiger charge is 2.68. The van der Waals surface area contributed by atoms with Gasteiger partial charge in [-0.2, -0.15) is 4.57 Å². The van der Waals surface area contributed by atoms with Crippen molar-refractivity contribution in [1.29, 1.82) is 5.41 Å². The lowest BCUT2D eigenvalue weighted by Crippen LogP contribution is -2.80. The van der Waals surface area contributed by atoms with Crippen LogP contribution >= 0.6 is 0 Å². The molecular formula is C18H23N2+. The van der Waals surface area contributed by atoms with Crippen LogP contribution in [0.5, 0.6) is 0 Å². The SMILES string of the molecule is CC=CC1=C(C)c2cccc3[n+]2C(C)(C3=N)C1(C)CC. The van der Waals surface area contributed by atoms with Gasteiger partial charge >= 0.3 is 0 Å². The molecule has 0 radical (unpaired) electrons. The van der Waals surface area contributed by atoms with Crippen molar-refractivity contribution in [3.63, 3.8) is 0 Å². The second kappa shape index (κ2) is 3.91. The quantitative estimate of drug-likeness (QED) is 0.788. The number of allylic oxidation sites excluding steroid dienone is 4. The maximum Gasteiger partial charge on any atom is 0.234 e. The number of aromatic nitrogens is 1. The second-order valence-electron chi connectivity index (χ2n) is 6.30. The summed E-state index contributed by atoms with van der Waals surface area (Å²) in [5.41, 5.74) is 5.60. The topological polar surface area (TPSA) is 27.7 Å². The van der Waals surface area contributed by atoms with Crippen molar-refractivity contribution in [2.24, 2.45) is 5.41 Å². The molecule has 0 amide bonds. The summed E-state index contributed by atoms with van der Waals surface area (Å²) in [6, 6.07) is 6.32. The Morgan fingerprint density at radius 1 is 1.25 bits per heavy atom.